The van der Waals surface area contributed by atoms with E-state index in [-0.39, 0.29) is 0 Å². The molecule has 0 atom stereocenters. The summed E-state index contributed by atoms with van der Waals surface area (Å²) >= 11 is -1.01. The molecule has 3 heteroatoms. The van der Waals surface area contributed by atoms with Gasteiger partial charge in [0.15, 0.2) is 0 Å². The summed E-state index contributed by atoms with van der Waals surface area (Å²) in [6.07, 6.45) is 0. The van der Waals surface area contributed by atoms with Crippen LogP contribution in [0, 0.1) is 9.34 Å². The Kier molecular flexibility index (Phi) is 2.56. The van der Waals surface area contributed by atoms with E-state index in [0.717, 1.165) is 13.1 Å². The number of rotatable bonds is 0. The predicted molar refractivity (Wildman–Crippen MR) is 42.2 cm³/mol. The molecule has 8 heavy (non-hydrogen) atoms. The van der Waals surface area contributed by atoms with Gasteiger partial charge in [-0.25, -0.2) is 0 Å². The Morgan fingerprint density at radius 2 is 2.00 bits per heavy atom. The van der Waals surface area contributed by atoms with Crippen LogP contribution in [0.15, 0.2) is 0 Å². The zero-order valence-corrected chi connectivity index (χ0v) is 6.81. The Labute approximate surface area is 56.6 Å². The van der Waals surface area contributed by atoms with Gasteiger partial charge >= 0.3 is 56.4 Å². The summed E-state index contributed by atoms with van der Waals surface area (Å²) < 4.78 is 4.81. The molecule has 1 N–H and O–H groups in total. The van der Waals surface area contributed by atoms with Crippen LogP contribution in [-0.4, -0.2) is 21.9 Å². The topological polar surface area (TPSA) is 35.8 Å². The van der Waals surface area contributed by atoms with Crippen LogP contribution in [0.4, 0.5) is 0 Å². The quantitative estimate of drug-likeness (QED) is 0.482. The van der Waals surface area contributed by atoms with Gasteiger partial charge in [-0.05, 0) is 0 Å². The van der Waals surface area contributed by atoms with E-state index in [9.17, 15) is 0 Å². The van der Waals surface area contributed by atoms with Crippen molar-refractivity contribution in [3.63, 3.8) is 0 Å². The normalized spacial score (nSPS) is 24.6. The van der Waals surface area contributed by atoms with E-state index in [1.807, 2.05) is 0 Å². The summed E-state index contributed by atoms with van der Waals surface area (Å²) in [5.74, 6) is 0. The molecule has 0 saturated carbocycles. The van der Waals surface area contributed by atoms with Crippen molar-refractivity contribution >= 4 is 19.8 Å². The number of halogens is 1. The van der Waals surface area contributed by atoms with Gasteiger partial charge in [0.25, 0.3) is 0 Å². The number of nitrogens with zero attached hydrogens (tertiary/aromatic N) is 1. The van der Waals surface area contributed by atoms with Gasteiger partial charge in [0.05, 0.1) is 0 Å². The first-order valence-corrected chi connectivity index (χ1v) is 6.78. The monoisotopic (exact) mass is 224 g/mol. The summed E-state index contributed by atoms with van der Waals surface area (Å²) in [5.41, 5.74) is 0. The van der Waals surface area contributed by atoms with Crippen molar-refractivity contribution < 1.29 is 0 Å². The standard InChI is InChI=1S/C5H9IN2/c7-5-6-1-3-8-4-2-6/h8H,1-4H2. The van der Waals surface area contributed by atoms with E-state index in [2.05, 4.69) is 9.39 Å². The summed E-state index contributed by atoms with van der Waals surface area (Å²) in [4.78, 5) is 0. The molecule has 0 unspecified atom stereocenters. The second kappa shape index (κ2) is 3.25. The molecule has 46 valence electrons. The molecule has 0 aromatic heterocycles. The molecule has 0 aliphatic carbocycles. The second-order valence-corrected chi connectivity index (χ2v) is 6.91. The molecule has 2 nitrogen and oxygen atoms in total. The van der Waals surface area contributed by atoms with E-state index in [1.165, 1.54) is 8.86 Å². The van der Waals surface area contributed by atoms with E-state index in [1.54, 1.807) is 0 Å². The zero-order chi connectivity index (χ0) is 5.82. The number of nitrogens with one attached hydrogen (secondary N) is 1. The average Bonchev–Trinajstić information content (AvgIpc) is 1.90. The first-order chi connectivity index (χ1) is 3.93. The van der Waals surface area contributed by atoms with Gasteiger partial charge in [0.2, 0.25) is 0 Å². The summed E-state index contributed by atoms with van der Waals surface area (Å²) in [6, 6.07) is 0. The van der Waals surface area contributed by atoms with E-state index in [4.69, 9.17) is 5.26 Å². The number of alkyl halides is 2. The maximum absolute atomic E-state index is 8.48. The molecule has 0 spiro atoms. The van der Waals surface area contributed by atoms with E-state index < -0.39 is 19.8 Å². The predicted octanol–water partition coefficient (Wildman–Crippen LogP) is 0.577. The second-order valence-electron chi connectivity index (χ2n) is 1.67. The van der Waals surface area contributed by atoms with Crippen LogP contribution in [0.2, 0.25) is 0 Å². The summed E-state index contributed by atoms with van der Waals surface area (Å²) in [6.45, 7) is 2.19. The van der Waals surface area contributed by atoms with Gasteiger partial charge in [-0.1, -0.05) is 0 Å². The van der Waals surface area contributed by atoms with Crippen molar-refractivity contribution in [2.45, 2.75) is 0 Å². The molecule has 0 bridgehead atoms. The third kappa shape index (κ3) is 1.60. The number of hydrogen-bond acceptors (Lipinski definition) is 2. The molecule has 1 aliphatic heterocycles. The van der Waals surface area contributed by atoms with Crippen LogP contribution in [0.25, 0.3) is 0 Å². The van der Waals surface area contributed by atoms with Crippen LogP contribution in [0.1, 0.15) is 0 Å². The van der Waals surface area contributed by atoms with Crippen molar-refractivity contribution in [2.75, 3.05) is 21.9 Å². The molecule has 0 amide bonds. The van der Waals surface area contributed by atoms with E-state index in [0.29, 0.717) is 0 Å². The van der Waals surface area contributed by atoms with Crippen LogP contribution < -0.4 is 5.32 Å². The summed E-state index contributed by atoms with van der Waals surface area (Å²) in [7, 11) is 0. The Balaban J connectivity index is 2.25. The molecule has 1 saturated heterocycles. The Hall–Kier alpha value is 0.180. The third-order valence-corrected chi connectivity index (χ3v) is 5.48. The molecular weight excluding hydrogens is 215 g/mol. The van der Waals surface area contributed by atoms with Crippen LogP contribution >= 0.6 is 19.8 Å². The fourth-order valence-electron chi connectivity index (χ4n) is 0.666. The molecule has 0 aromatic rings. The maximum atomic E-state index is 8.48. The minimum atomic E-state index is -1.01. The van der Waals surface area contributed by atoms with Crippen molar-refractivity contribution in [1.29, 1.82) is 5.26 Å². The van der Waals surface area contributed by atoms with Gasteiger partial charge < -0.3 is 0 Å². The van der Waals surface area contributed by atoms with Crippen LogP contribution in [0.3, 0.4) is 0 Å². The van der Waals surface area contributed by atoms with Crippen molar-refractivity contribution in [2.24, 2.45) is 0 Å². The Bertz CT molecular complexity index is 101. The third-order valence-electron chi connectivity index (χ3n) is 1.12. The Morgan fingerprint density at radius 3 is 2.38 bits per heavy atom. The molecule has 1 rings (SSSR count). The SMILES string of the molecule is N#CI1CCNCC1. The van der Waals surface area contributed by atoms with Gasteiger partial charge in [-0.15, -0.1) is 0 Å². The first-order valence-electron chi connectivity index (χ1n) is 2.65. The fourth-order valence-corrected chi connectivity index (χ4v) is 3.75. The van der Waals surface area contributed by atoms with Crippen molar-refractivity contribution in [3.8, 4) is 4.08 Å². The van der Waals surface area contributed by atoms with Gasteiger partial charge in [0.1, 0.15) is 0 Å². The van der Waals surface area contributed by atoms with Crippen LogP contribution in [0.5, 0.6) is 0 Å². The van der Waals surface area contributed by atoms with Gasteiger partial charge in [-0.2, -0.15) is 0 Å². The molecular formula is C5H9IN2. The van der Waals surface area contributed by atoms with Crippen molar-refractivity contribution in [3.05, 3.63) is 0 Å². The summed E-state index contributed by atoms with van der Waals surface area (Å²) in [5, 5.41) is 11.7. The van der Waals surface area contributed by atoms with Gasteiger partial charge in [0, 0.05) is 0 Å². The van der Waals surface area contributed by atoms with Gasteiger partial charge in [-0.3, -0.25) is 0 Å². The molecule has 0 aromatic carbocycles. The molecule has 0 radical (unpaired) electrons. The molecule has 1 fully saturated rings. The number of nitriles is 1. The first kappa shape index (κ1) is 6.30. The zero-order valence-electron chi connectivity index (χ0n) is 4.65. The Morgan fingerprint density at radius 1 is 1.38 bits per heavy atom. The number of hydrogen-bond donors (Lipinski definition) is 1. The van der Waals surface area contributed by atoms with E-state index >= 15 is 0 Å². The molecule has 1 heterocycles. The van der Waals surface area contributed by atoms with Crippen LogP contribution in [-0.2, 0) is 0 Å². The minimum absolute atomic E-state index is 1.01. The average molecular weight is 224 g/mol. The van der Waals surface area contributed by atoms with Crippen molar-refractivity contribution in [1.82, 2.24) is 5.32 Å². The molecule has 1 aliphatic rings. The fraction of sp³-hybridized carbons (Fsp3) is 0.800.